The molecule has 54 valence electrons. The van der Waals surface area contributed by atoms with Crippen LogP contribution in [0.1, 0.15) is 26.2 Å². The first kappa shape index (κ1) is 7.03. The number of hydrogen-bond donors (Lipinski definition) is 1. The Hall–Kier alpha value is -0.0800. The third-order valence-corrected chi connectivity index (χ3v) is 1.82. The molecule has 0 saturated carbocycles. The SMILES string of the molecule is CC1CCCC(CN)O1. The van der Waals surface area contributed by atoms with Crippen LogP contribution in [-0.4, -0.2) is 18.8 Å². The molecule has 0 aliphatic carbocycles. The molecule has 2 N–H and O–H groups in total. The first-order valence-corrected chi connectivity index (χ1v) is 3.68. The lowest BCUT2D eigenvalue weighted by atomic mass is 10.1. The van der Waals surface area contributed by atoms with Gasteiger partial charge in [0, 0.05) is 6.54 Å². The van der Waals surface area contributed by atoms with Crippen LogP contribution in [0.25, 0.3) is 0 Å². The third kappa shape index (κ3) is 1.95. The second-order valence-electron chi connectivity index (χ2n) is 2.74. The molecule has 1 aliphatic rings. The molecule has 2 atom stereocenters. The smallest absolute Gasteiger partial charge is 0.0700 e. The fourth-order valence-electron chi connectivity index (χ4n) is 1.27. The molecule has 2 nitrogen and oxygen atoms in total. The van der Waals surface area contributed by atoms with E-state index in [2.05, 4.69) is 6.92 Å². The molecular formula is C7H15NO. The second-order valence-corrected chi connectivity index (χ2v) is 2.74. The van der Waals surface area contributed by atoms with Gasteiger partial charge in [-0.2, -0.15) is 0 Å². The summed E-state index contributed by atoms with van der Waals surface area (Å²) in [5.74, 6) is 0. The van der Waals surface area contributed by atoms with Gasteiger partial charge in [-0.25, -0.2) is 0 Å². The monoisotopic (exact) mass is 129 g/mol. The summed E-state index contributed by atoms with van der Waals surface area (Å²) in [4.78, 5) is 0. The van der Waals surface area contributed by atoms with Gasteiger partial charge in [0.1, 0.15) is 0 Å². The van der Waals surface area contributed by atoms with E-state index in [1.54, 1.807) is 0 Å². The highest BCUT2D eigenvalue weighted by Gasteiger charge is 2.16. The van der Waals surface area contributed by atoms with Crippen molar-refractivity contribution in [1.82, 2.24) is 0 Å². The Morgan fingerprint density at radius 2 is 2.33 bits per heavy atom. The van der Waals surface area contributed by atoms with Gasteiger partial charge in [-0.1, -0.05) is 0 Å². The Kier molecular flexibility index (Phi) is 2.49. The zero-order valence-corrected chi connectivity index (χ0v) is 5.97. The van der Waals surface area contributed by atoms with Crippen molar-refractivity contribution in [1.29, 1.82) is 0 Å². The van der Waals surface area contributed by atoms with E-state index in [1.165, 1.54) is 12.8 Å². The first-order chi connectivity index (χ1) is 4.33. The van der Waals surface area contributed by atoms with Crippen LogP contribution in [0.2, 0.25) is 0 Å². The van der Waals surface area contributed by atoms with Crippen molar-refractivity contribution in [2.24, 2.45) is 5.73 Å². The van der Waals surface area contributed by atoms with Gasteiger partial charge in [0.05, 0.1) is 12.2 Å². The zero-order valence-electron chi connectivity index (χ0n) is 5.97. The quantitative estimate of drug-likeness (QED) is 0.571. The van der Waals surface area contributed by atoms with Crippen molar-refractivity contribution in [3.63, 3.8) is 0 Å². The summed E-state index contributed by atoms with van der Waals surface area (Å²) in [7, 11) is 0. The summed E-state index contributed by atoms with van der Waals surface area (Å²) >= 11 is 0. The lowest BCUT2D eigenvalue weighted by Crippen LogP contribution is -2.31. The Balaban J connectivity index is 2.23. The van der Waals surface area contributed by atoms with Crippen LogP contribution in [0.5, 0.6) is 0 Å². The summed E-state index contributed by atoms with van der Waals surface area (Å²) in [6.45, 7) is 2.80. The van der Waals surface area contributed by atoms with Gasteiger partial charge in [0.2, 0.25) is 0 Å². The molecule has 1 saturated heterocycles. The average Bonchev–Trinajstić information content (AvgIpc) is 1.88. The molecule has 9 heavy (non-hydrogen) atoms. The Morgan fingerprint density at radius 1 is 1.56 bits per heavy atom. The second kappa shape index (κ2) is 3.18. The molecule has 0 bridgehead atoms. The molecule has 2 unspecified atom stereocenters. The summed E-state index contributed by atoms with van der Waals surface area (Å²) in [6, 6.07) is 0. The Labute approximate surface area is 56.4 Å². The lowest BCUT2D eigenvalue weighted by molar-refractivity contribution is -0.0341. The fraction of sp³-hybridized carbons (Fsp3) is 1.00. The third-order valence-electron chi connectivity index (χ3n) is 1.82. The van der Waals surface area contributed by atoms with Crippen LogP contribution in [-0.2, 0) is 4.74 Å². The van der Waals surface area contributed by atoms with E-state index in [1.807, 2.05) is 0 Å². The van der Waals surface area contributed by atoms with Crippen LogP contribution < -0.4 is 5.73 Å². The van der Waals surface area contributed by atoms with E-state index in [0.29, 0.717) is 18.8 Å². The van der Waals surface area contributed by atoms with Crippen molar-refractivity contribution in [2.75, 3.05) is 6.54 Å². The van der Waals surface area contributed by atoms with Gasteiger partial charge >= 0.3 is 0 Å². The predicted molar refractivity (Wildman–Crippen MR) is 37.2 cm³/mol. The number of rotatable bonds is 1. The predicted octanol–water partition coefficient (Wildman–Crippen LogP) is 0.903. The van der Waals surface area contributed by atoms with Crippen molar-refractivity contribution in [3.05, 3.63) is 0 Å². The van der Waals surface area contributed by atoms with Gasteiger partial charge in [-0.3, -0.25) is 0 Å². The van der Waals surface area contributed by atoms with E-state index in [-0.39, 0.29) is 0 Å². The topological polar surface area (TPSA) is 35.2 Å². The zero-order chi connectivity index (χ0) is 6.69. The Bertz CT molecular complexity index is 85.0. The van der Waals surface area contributed by atoms with Crippen LogP contribution >= 0.6 is 0 Å². The molecule has 0 spiro atoms. The fourth-order valence-corrected chi connectivity index (χ4v) is 1.27. The largest absolute Gasteiger partial charge is 0.374 e. The molecule has 0 aromatic heterocycles. The van der Waals surface area contributed by atoms with Crippen molar-refractivity contribution in [2.45, 2.75) is 38.4 Å². The van der Waals surface area contributed by atoms with Gasteiger partial charge < -0.3 is 10.5 Å². The van der Waals surface area contributed by atoms with Crippen LogP contribution in [0, 0.1) is 0 Å². The van der Waals surface area contributed by atoms with Gasteiger partial charge in [-0.15, -0.1) is 0 Å². The van der Waals surface area contributed by atoms with E-state index < -0.39 is 0 Å². The molecule has 1 fully saturated rings. The van der Waals surface area contributed by atoms with E-state index in [4.69, 9.17) is 10.5 Å². The lowest BCUT2D eigenvalue weighted by Gasteiger charge is -2.26. The minimum absolute atomic E-state index is 0.341. The highest BCUT2D eigenvalue weighted by molar-refractivity contribution is 4.67. The molecule has 0 amide bonds. The highest BCUT2D eigenvalue weighted by Crippen LogP contribution is 2.17. The normalized spacial score (nSPS) is 36.7. The van der Waals surface area contributed by atoms with Crippen LogP contribution in [0.3, 0.4) is 0 Å². The maximum Gasteiger partial charge on any atom is 0.0700 e. The minimum Gasteiger partial charge on any atom is -0.374 e. The standard InChI is InChI=1S/C7H15NO/c1-6-3-2-4-7(5-8)9-6/h6-7H,2-5,8H2,1H3. The maximum atomic E-state index is 5.51. The minimum atomic E-state index is 0.341. The average molecular weight is 129 g/mol. The van der Waals surface area contributed by atoms with Gasteiger partial charge in [-0.05, 0) is 26.2 Å². The van der Waals surface area contributed by atoms with Gasteiger partial charge in [0.25, 0.3) is 0 Å². The number of ether oxygens (including phenoxy) is 1. The molecule has 1 heterocycles. The van der Waals surface area contributed by atoms with Crippen LogP contribution in [0.4, 0.5) is 0 Å². The summed E-state index contributed by atoms with van der Waals surface area (Å²) < 4.78 is 5.51. The van der Waals surface area contributed by atoms with Crippen molar-refractivity contribution >= 4 is 0 Å². The van der Waals surface area contributed by atoms with E-state index >= 15 is 0 Å². The molecule has 0 radical (unpaired) electrons. The summed E-state index contributed by atoms with van der Waals surface area (Å²) in [5, 5.41) is 0. The number of nitrogens with two attached hydrogens (primary N) is 1. The highest BCUT2D eigenvalue weighted by atomic mass is 16.5. The Morgan fingerprint density at radius 3 is 2.78 bits per heavy atom. The molecule has 1 aliphatic heterocycles. The van der Waals surface area contributed by atoms with Crippen LogP contribution in [0.15, 0.2) is 0 Å². The van der Waals surface area contributed by atoms with Gasteiger partial charge in [0.15, 0.2) is 0 Å². The maximum absolute atomic E-state index is 5.51. The molecule has 0 aromatic rings. The van der Waals surface area contributed by atoms with E-state index in [9.17, 15) is 0 Å². The summed E-state index contributed by atoms with van der Waals surface area (Å²) in [6.07, 6.45) is 4.42. The van der Waals surface area contributed by atoms with Crippen molar-refractivity contribution in [3.8, 4) is 0 Å². The van der Waals surface area contributed by atoms with Crippen molar-refractivity contribution < 1.29 is 4.74 Å². The first-order valence-electron chi connectivity index (χ1n) is 3.68. The summed E-state index contributed by atoms with van der Waals surface area (Å²) in [5.41, 5.74) is 5.44. The number of hydrogen-bond acceptors (Lipinski definition) is 2. The molecule has 0 aromatic carbocycles. The van der Waals surface area contributed by atoms with E-state index in [0.717, 1.165) is 6.42 Å². The molecule has 1 rings (SSSR count). The molecular weight excluding hydrogens is 114 g/mol. The molecule has 2 heteroatoms.